The van der Waals surface area contributed by atoms with Crippen LogP contribution in [0.3, 0.4) is 0 Å². The summed E-state index contributed by atoms with van der Waals surface area (Å²) in [5, 5.41) is 11.1. The van der Waals surface area contributed by atoms with Crippen molar-refractivity contribution >= 4 is 16.3 Å². The van der Waals surface area contributed by atoms with Crippen LogP contribution in [-0.4, -0.2) is 6.61 Å². The SMILES string of the molecule is CC(C)COc1csc(N)c1C#N. The molecule has 0 unspecified atom stereocenters. The van der Waals surface area contributed by atoms with Gasteiger partial charge in [0.25, 0.3) is 0 Å². The van der Waals surface area contributed by atoms with Crippen molar-refractivity contribution in [1.29, 1.82) is 5.26 Å². The first-order chi connectivity index (χ1) is 6.15. The fourth-order valence-corrected chi connectivity index (χ4v) is 1.51. The van der Waals surface area contributed by atoms with Crippen molar-refractivity contribution in [3.05, 3.63) is 10.9 Å². The van der Waals surface area contributed by atoms with Gasteiger partial charge in [0.05, 0.1) is 6.61 Å². The van der Waals surface area contributed by atoms with E-state index in [4.69, 9.17) is 15.7 Å². The van der Waals surface area contributed by atoms with Gasteiger partial charge >= 0.3 is 0 Å². The molecule has 0 bridgehead atoms. The molecule has 1 heterocycles. The lowest BCUT2D eigenvalue weighted by molar-refractivity contribution is 0.271. The lowest BCUT2D eigenvalue weighted by atomic mass is 10.2. The van der Waals surface area contributed by atoms with Crippen molar-refractivity contribution in [2.45, 2.75) is 13.8 Å². The maximum absolute atomic E-state index is 8.75. The number of rotatable bonds is 3. The highest BCUT2D eigenvalue weighted by molar-refractivity contribution is 7.14. The largest absolute Gasteiger partial charge is 0.491 e. The molecule has 13 heavy (non-hydrogen) atoms. The van der Waals surface area contributed by atoms with E-state index >= 15 is 0 Å². The Kier molecular flexibility index (Phi) is 3.15. The monoisotopic (exact) mass is 196 g/mol. The smallest absolute Gasteiger partial charge is 0.149 e. The fraction of sp³-hybridized carbons (Fsp3) is 0.444. The average molecular weight is 196 g/mol. The molecular weight excluding hydrogens is 184 g/mol. The fourth-order valence-electron chi connectivity index (χ4n) is 0.829. The molecule has 0 atom stereocenters. The molecule has 3 nitrogen and oxygen atoms in total. The quantitative estimate of drug-likeness (QED) is 0.806. The number of hydrogen-bond acceptors (Lipinski definition) is 4. The topological polar surface area (TPSA) is 59.0 Å². The molecule has 0 saturated heterocycles. The first kappa shape index (κ1) is 9.87. The van der Waals surface area contributed by atoms with Gasteiger partial charge < -0.3 is 10.5 Å². The van der Waals surface area contributed by atoms with Crippen LogP contribution >= 0.6 is 11.3 Å². The van der Waals surface area contributed by atoms with Crippen molar-refractivity contribution in [2.24, 2.45) is 5.92 Å². The molecular formula is C9H12N2OS. The summed E-state index contributed by atoms with van der Waals surface area (Å²) in [4.78, 5) is 0. The van der Waals surface area contributed by atoms with E-state index in [0.717, 1.165) is 0 Å². The second-order valence-corrected chi connectivity index (χ2v) is 4.07. The Bertz CT molecular complexity index is 325. The Hall–Kier alpha value is -1.21. The van der Waals surface area contributed by atoms with Crippen molar-refractivity contribution in [2.75, 3.05) is 12.3 Å². The van der Waals surface area contributed by atoms with Gasteiger partial charge in [0.1, 0.15) is 22.4 Å². The summed E-state index contributed by atoms with van der Waals surface area (Å²) >= 11 is 1.34. The molecule has 70 valence electrons. The zero-order valence-electron chi connectivity index (χ0n) is 7.70. The van der Waals surface area contributed by atoms with Crippen LogP contribution in [0, 0.1) is 17.2 Å². The van der Waals surface area contributed by atoms with Gasteiger partial charge in [-0.15, -0.1) is 11.3 Å². The first-order valence-electron chi connectivity index (χ1n) is 4.05. The highest BCUT2D eigenvalue weighted by atomic mass is 32.1. The lowest BCUT2D eigenvalue weighted by Crippen LogP contribution is -2.04. The van der Waals surface area contributed by atoms with Crippen LogP contribution in [0.5, 0.6) is 5.75 Å². The molecule has 1 aromatic heterocycles. The minimum Gasteiger partial charge on any atom is -0.491 e. The maximum atomic E-state index is 8.75. The minimum atomic E-state index is 0.452. The molecule has 0 aliphatic carbocycles. The summed E-state index contributed by atoms with van der Waals surface area (Å²) in [6, 6.07) is 2.03. The minimum absolute atomic E-state index is 0.452. The summed E-state index contributed by atoms with van der Waals surface area (Å²) in [5.41, 5.74) is 6.04. The zero-order chi connectivity index (χ0) is 9.84. The van der Waals surface area contributed by atoms with Gasteiger partial charge in [-0.1, -0.05) is 13.8 Å². The molecule has 0 fully saturated rings. The lowest BCUT2D eigenvalue weighted by Gasteiger charge is -2.06. The van der Waals surface area contributed by atoms with E-state index in [2.05, 4.69) is 13.8 Å². The zero-order valence-corrected chi connectivity index (χ0v) is 8.52. The van der Waals surface area contributed by atoms with Gasteiger partial charge in [-0.3, -0.25) is 0 Å². The second-order valence-electron chi connectivity index (χ2n) is 3.16. The van der Waals surface area contributed by atoms with E-state index in [0.29, 0.717) is 28.8 Å². The average Bonchev–Trinajstić information content (AvgIpc) is 2.42. The number of hydrogen-bond donors (Lipinski definition) is 1. The Labute approximate surface area is 81.7 Å². The van der Waals surface area contributed by atoms with Crippen LogP contribution < -0.4 is 10.5 Å². The third-order valence-electron chi connectivity index (χ3n) is 1.47. The third kappa shape index (κ3) is 2.36. The first-order valence-corrected chi connectivity index (χ1v) is 4.93. The van der Waals surface area contributed by atoms with Crippen molar-refractivity contribution in [1.82, 2.24) is 0 Å². The Morgan fingerprint density at radius 1 is 1.69 bits per heavy atom. The van der Waals surface area contributed by atoms with Crippen LogP contribution in [0.25, 0.3) is 0 Å². The molecule has 0 radical (unpaired) electrons. The Morgan fingerprint density at radius 2 is 2.38 bits per heavy atom. The highest BCUT2D eigenvalue weighted by Gasteiger charge is 2.09. The Morgan fingerprint density at radius 3 is 2.92 bits per heavy atom. The number of nitrogens with zero attached hydrogens (tertiary/aromatic N) is 1. The van der Waals surface area contributed by atoms with E-state index in [1.54, 1.807) is 5.38 Å². The number of anilines is 1. The molecule has 0 saturated carbocycles. The standard InChI is InChI=1S/C9H12N2OS/c1-6(2)4-12-8-5-13-9(11)7(8)3-10/h5-6H,4,11H2,1-2H3. The van der Waals surface area contributed by atoms with Crippen LogP contribution in [0.15, 0.2) is 5.38 Å². The van der Waals surface area contributed by atoms with Gasteiger partial charge in [-0.05, 0) is 5.92 Å². The van der Waals surface area contributed by atoms with Gasteiger partial charge in [0.2, 0.25) is 0 Å². The van der Waals surface area contributed by atoms with E-state index in [-0.39, 0.29) is 0 Å². The van der Waals surface area contributed by atoms with Crippen LogP contribution in [0.1, 0.15) is 19.4 Å². The van der Waals surface area contributed by atoms with Gasteiger partial charge in [-0.25, -0.2) is 0 Å². The number of thiophene rings is 1. The molecule has 0 aliphatic rings. The van der Waals surface area contributed by atoms with E-state index in [9.17, 15) is 0 Å². The summed E-state index contributed by atoms with van der Waals surface area (Å²) < 4.78 is 5.42. The van der Waals surface area contributed by atoms with E-state index in [1.807, 2.05) is 6.07 Å². The molecule has 4 heteroatoms. The van der Waals surface area contributed by atoms with E-state index in [1.165, 1.54) is 11.3 Å². The molecule has 1 rings (SSSR count). The van der Waals surface area contributed by atoms with E-state index < -0.39 is 0 Å². The highest BCUT2D eigenvalue weighted by Crippen LogP contribution is 2.30. The molecule has 2 N–H and O–H groups in total. The molecule has 0 aliphatic heterocycles. The van der Waals surface area contributed by atoms with Crippen LogP contribution in [0.2, 0.25) is 0 Å². The number of nitrogens with two attached hydrogens (primary N) is 1. The predicted octanol–water partition coefficient (Wildman–Crippen LogP) is 2.24. The van der Waals surface area contributed by atoms with Crippen LogP contribution in [-0.2, 0) is 0 Å². The van der Waals surface area contributed by atoms with Gasteiger partial charge in [0.15, 0.2) is 0 Å². The number of ether oxygens (including phenoxy) is 1. The summed E-state index contributed by atoms with van der Waals surface area (Å²) in [6.45, 7) is 4.73. The van der Waals surface area contributed by atoms with Crippen LogP contribution in [0.4, 0.5) is 5.00 Å². The summed E-state index contributed by atoms with van der Waals surface area (Å²) in [6.07, 6.45) is 0. The molecule has 0 aromatic carbocycles. The number of nitriles is 1. The third-order valence-corrected chi connectivity index (χ3v) is 2.26. The molecule has 0 spiro atoms. The summed E-state index contributed by atoms with van der Waals surface area (Å²) in [7, 11) is 0. The van der Waals surface area contributed by atoms with Gasteiger partial charge in [0, 0.05) is 5.38 Å². The van der Waals surface area contributed by atoms with Crippen molar-refractivity contribution in [3.63, 3.8) is 0 Å². The molecule has 0 amide bonds. The number of nitrogen functional groups attached to an aromatic ring is 1. The maximum Gasteiger partial charge on any atom is 0.149 e. The molecule has 1 aromatic rings. The Balaban J connectivity index is 2.73. The van der Waals surface area contributed by atoms with Crippen molar-refractivity contribution < 1.29 is 4.74 Å². The second kappa shape index (κ2) is 4.15. The normalized spacial score (nSPS) is 10.0. The summed E-state index contributed by atoms with van der Waals surface area (Å²) in [5.74, 6) is 1.06. The predicted molar refractivity (Wildman–Crippen MR) is 53.8 cm³/mol. The van der Waals surface area contributed by atoms with Crippen molar-refractivity contribution in [3.8, 4) is 11.8 Å². The van der Waals surface area contributed by atoms with Gasteiger partial charge in [-0.2, -0.15) is 5.26 Å².